The van der Waals surface area contributed by atoms with Crippen molar-refractivity contribution in [3.8, 4) is 0 Å². The first kappa shape index (κ1) is 19.0. The summed E-state index contributed by atoms with van der Waals surface area (Å²) in [5.41, 5.74) is 0.627. The fourth-order valence-electron chi connectivity index (χ4n) is 3.18. The average molecular weight is 376 g/mol. The van der Waals surface area contributed by atoms with Crippen LogP contribution >= 0.6 is 11.3 Å². The summed E-state index contributed by atoms with van der Waals surface area (Å²) >= 11 is 1.70. The summed E-state index contributed by atoms with van der Waals surface area (Å²) in [6.07, 6.45) is 2.85. The maximum absolute atomic E-state index is 13.6. The first-order chi connectivity index (χ1) is 12.7. The van der Waals surface area contributed by atoms with E-state index in [2.05, 4.69) is 16.3 Å². The van der Waals surface area contributed by atoms with Gasteiger partial charge in [0.05, 0.1) is 12.6 Å². The SMILES string of the molecule is O=C(CN(Cc1cccs1)C[C@@H]1CCCO1)NCCc1ccccc1F. The van der Waals surface area contributed by atoms with E-state index < -0.39 is 0 Å². The molecule has 6 heteroatoms. The summed E-state index contributed by atoms with van der Waals surface area (Å²) < 4.78 is 19.4. The molecule has 1 N–H and O–H groups in total. The van der Waals surface area contributed by atoms with Gasteiger partial charge in [0.1, 0.15) is 5.82 Å². The second-order valence-corrected chi connectivity index (χ2v) is 7.61. The Morgan fingerprint density at radius 1 is 1.31 bits per heavy atom. The van der Waals surface area contributed by atoms with Gasteiger partial charge < -0.3 is 10.1 Å². The van der Waals surface area contributed by atoms with E-state index in [4.69, 9.17) is 4.74 Å². The lowest BCUT2D eigenvalue weighted by molar-refractivity contribution is -0.122. The molecule has 1 saturated heterocycles. The fraction of sp³-hybridized carbons (Fsp3) is 0.450. The van der Waals surface area contributed by atoms with Crippen LogP contribution in [0.25, 0.3) is 0 Å². The van der Waals surface area contributed by atoms with Crippen molar-refractivity contribution < 1.29 is 13.9 Å². The highest BCUT2D eigenvalue weighted by atomic mass is 32.1. The Bertz CT molecular complexity index is 687. The van der Waals surface area contributed by atoms with Crippen LogP contribution in [-0.4, -0.2) is 43.2 Å². The van der Waals surface area contributed by atoms with E-state index in [-0.39, 0.29) is 17.8 Å². The van der Waals surface area contributed by atoms with Crippen molar-refractivity contribution in [2.24, 2.45) is 0 Å². The molecule has 0 unspecified atom stereocenters. The van der Waals surface area contributed by atoms with Crippen LogP contribution in [0.4, 0.5) is 4.39 Å². The van der Waals surface area contributed by atoms with Gasteiger partial charge in [-0.05, 0) is 42.3 Å². The third-order valence-electron chi connectivity index (χ3n) is 4.49. The van der Waals surface area contributed by atoms with Crippen LogP contribution in [0.2, 0.25) is 0 Å². The van der Waals surface area contributed by atoms with E-state index in [9.17, 15) is 9.18 Å². The van der Waals surface area contributed by atoms with Gasteiger partial charge in [0.2, 0.25) is 5.91 Å². The molecule has 2 aromatic rings. The molecule has 1 fully saturated rings. The quantitative estimate of drug-likeness (QED) is 0.731. The van der Waals surface area contributed by atoms with Gasteiger partial charge in [0, 0.05) is 31.1 Å². The minimum absolute atomic E-state index is 0.0316. The lowest BCUT2D eigenvalue weighted by atomic mass is 10.1. The minimum atomic E-state index is -0.223. The van der Waals surface area contributed by atoms with Gasteiger partial charge in [-0.1, -0.05) is 24.3 Å². The van der Waals surface area contributed by atoms with Gasteiger partial charge in [0.25, 0.3) is 0 Å². The molecule has 0 radical (unpaired) electrons. The Hall–Kier alpha value is -1.76. The number of nitrogens with one attached hydrogen (secondary N) is 1. The Balaban J connectivity index is 1.48. The molecule has 2 heterocycles. The molecule has 26 heavy (non-hydrogen) atoms. The normalized spacial score (nSPS) is 16.9. The number of rotatable bonds is 9. The Kier molecular flexibility index (Phi) is 7.17. The third kappa shape index (κ3) is 5.90. The van der Waals surface area contributed by atoms with Gasteiger partial charge in [0.15, 0.2) is 0 Å². The topological polar surface area (TPSA) is 41.6 Å². The average Bonchev–Trinajstić information content (AvgIpc) is 3.30. The lowest BCUT2D eigenvalue weighted by Gasteiger charge is -2.24. The number of amides is 1. The Labute approximate surface area is 158 Å². The monoisotopic (exact) mass is 376 g/mol. The predicted octanol–water partition coefficient (Wildman–Crippen LogP) is 3.23. The molecule has 0 aliphatic carbocycles. The molecular weight excluding hydrogens is 351 g/mol. The van der Waals surface area contributed by atoms with Crippen molar-refractivity contribution in [3.05, 3.63) is 58.0 Å². The summed E-state index contributed by atoms with van der Waals surface area (Å²) in [5.74, 6) is -0.254. The first-order valence-corrected chi connectivity index (χ1v) is 9.95. The van der Waals surface area contributed by atoms with Crippen LogP contribution in [0.15, 0.2) is 41.8 Å². The van der Waals surface area contributed by atoms with Crippen molar-refractivity contribution >= 4 is 17.2 Å². The Morgan fingerprint density at radius 2 is 2.19 bits per heavy atom. The number of carbonyl (C=O) groups is 1. The molecule has 4 nitrogen and oxygen atoms in total. The number of carbonyl (C=O) groups excluding carboxylic acids is 1. The van der Waals surface area contributed by atoms with E-state index in [0.717, 1.165) is 32.5 Å². The largest absolute Gasteiger partial charge is 0.377 e. The Morgan fingerprint density at radius 3 is 2.92 bits per heavy atom. The number of thiophene rings is 1. The second kappa shape index (κ2) is 9.80. The van der Waals surface area contributed by atoms with Gasteiger partial charge in [-0.15, -0.1) is 11.3 Å². The summed E-state index contributed by atoms with van der Waals surface area (Å²) in [6.45, 7) is 3.09. The maximum atomic E-state index is 13.6. The molecule has 0 saturated carbocycles. The van der Waals surface area contributed by atoms with Crippen LogP contribution < -0.4 is 5.32 Å². The standard InChI is InChI=1S/C20H25FN2O2S/c21-19-8-2-1-5-16(19)9-10-22-20(24)15-23(13-17-6-3-11-25-17)14-18-7-4-12-26-18/h1-2,4-5,7-8,12,17H,3,6,9-11,13-15H2,(H,22,24)/t17-/m0/s1. The van der Waals surface area contributed by atoms with Crippen molar-refractivity contribution in [1.29, 1.82) is 0 Å². The molecule has 140 valence electrons. The van der Waals surface area contributed by atoms with Crippen molar-refractivity contribution in [3.63, 3.8) is 0 Å². The number of hydrogen-bond acceptors (Lipinski definition) is 4. The van der Waals surface area contributed by atoms with Crippen molar-refractivity contribution in [2.45, 2.75) is 31.9 Å². The number of benzene rings is 1. The minimum Gasteiger partial charge on any atom is -0.377 e. The smallest absolute Gasteiger partial charge is 0.234 e. The highest BCUT2D eigenvalue weighted by Crippen LogP contribution is 2.17. The summed E-state index contributed by atoms with van der Waals surface area (Å²) in [7, 11) is 0. The number of halogens is 1. The molecule has 1 amide bonds. The highest BCUT2D eigenvalue weighted by molar-refractivity contribution is 7.09. The zero-order valence-corrected chi connectivity index (χ0v) is 15.6. The van der Waals surface area contributed by atoms with E-state index >= 15 is 0 Å². The van der Waals surface area contributed by atoms with Crippen LogP contribution in [0, 0.1) is 5.82 Å². The molecule has 1 aromatic carbocycles. The van der Waals surface area contributed by atoms with Crippen molar-refractivity contribution in [1.82, 2.24) is 10.2 Å². The number of ether oxygens (including phenoxy) is 1. The molecule has 1 aromatic heterocycles. The third-order valence-corrected chi connectivity index (χ3v) is 5.35. The fourth-order valence-corrected chi connectivity index (χ4v) is 3.93. The van der Waals surface area contributed by atoms with Crippen LogP contribution in [0.1, 0.15) is 23.3 Å². The predicted molar refractivity (Wildman–Crippen MR) is 102 cm³/mol. The molecule has 1 atom stereocenters. The van der Waals surface area contributed by atoms with Crippen LogP contribution in [0.5, 0.6) is 0 Å². The zero-order chi connectivity index (χ0) is 18.2. The van der Waals surface area contributed by atoms with Gasteiger partial charge in [-0.25, -0.2) is 4.39 Å². The van der Waals surface area contributed by atoms with E-state index in [1.54, 1.807) is 23.5 Å². The molecule has 3 rings (SSSR count). The lowest BCUT2D eigenvalue weighted by Crippen LogP contribution is -2.40. The summed E-state index contributed by atoms with van der Waals surface area (Å²) in [6, 6.07) is 10.8. The second-order valence-electron chi connectivity index (χ2n) is 6.58. The van der Waals surface area contributed by atoms with Crippen LogP contribution in [0.3, 0.4) is 0 Å². The van der Waals surface area contributed by atoms with E-state index in [1.807, 2.05) is 17.5 Å². The van der Waals surface area contributed by atoms with Gasteiger partial charge in [-0.3, -0.25) is 9.69 Å². The molecule has 1 aliphatic rings. The number of nitrogens with zero attached hydrogens (tertiary/aromatic N) is 1. The van der Waals surface area contributed by atoms with Crippen molar-refractivity contribution in [2.75, 3.05) is 26.2 Å². The van der Waals surface area contributed by atoms with E-state index in [0.29, 0.717) is 25.1 Å². The molecule has 0 spiro atoms. The first-order valence-electron chi connectivity index (χ1n) is 9.07. The summed E-state index contributed by atoms with van der Waals surface area (Å²) in [4.78, 5) is 15.7. The molecule has 1 aliphatic heterocycles. The molecule has 0 bridgehead atoms. The van der Waals surface area contributed by atoms with E-state index in [1.165, 1.54) is 10.9 Å². The highest BCUT2D eigenvalue weighted by Gasteiger charge is 2.21. The van der Waals surface area contributed by atoms with Gasteiger partial charge in [-0.2, -0.15) is 0 Å². The zero-order valence-electron chi connectivity index (χ0n) is 14.8. The maximum Gasteiger partial charge on any atom is 0.234 e. The molecular formula is C20H25FN2O2S. The van der Waals surface area contributed by atoms with Gasteiger partial charge >= 0.3 is 0 Å². The van der Waals surface area contributed by atoms with Crippen LogP contribution in [-0.2, 0) is 22.5 Å². The number of hydrogen-bond donors (Lipinski definition) is 1. The summed E-state index contributed by atoms with van der Waals surface area (Å²) in [5, 5.41) is 4.96.